The van der Waals surface area contributed by atoms with E-state index >= 15 is 0 Å². The Morgan fingerprint density at radius 2 is 1.85 bits per heavy atom. The van der Waals surface area contributed by atoms with Crippen LogP contribution in [0.4, 0.5) is 4.39 Å². The van der Waals surface area contributed by atoms with Gasteiger partial charge in [-0.1, -0.05) is 62.0 Å². The van der Waals surface area contributed by atoms with E-state index in [2.05, 4.69) is 24.0 Å². The second-order valence-electron chi connectivity index (χ2n) is 6.49. The van der Waals surface area contributed by atoms with E-state index in [1.54, 1.807) is 29.8 Å². The van der Waals surface area contributed by atoms with E-state index in [1.165, 1.54) is 23.4 Å². The minimum atomic E-state index is -0.345. The van der Waals surface area contributed by atoms with Crippen LogP contribution >= 0.6 is 11.8 Å². The fourth-order valence-corrected chi connectivity index (χ4v) is 3.57. The highest BCUT2D eigenvalue weighted by Crippen LogP contribution is 2.25. The molecular weight excluding hydrogens is 361 g/mol. The van der Waals surface area contributed by atoms with Gasteiger partial charge in [-0.15, -0.1) is 10.2 Å². The van der Waals surface area contributed by atoms with Gasteiger partial charge in [-0.25, -0.2) is 4.39 Å². The number of hydrogen-bond acceptors (Lipinski definition) is 4. The summed E-state index contributed by atoms with van der Waals surface area (Å²) in [6.07, 6.45) is 1.07. The number of rotatable bonds is 7. The van der Waals surface area contributed by atoms with Crippen molar-refractivity contribution in [1.82, 2.24) is 14.8 Å². The SMILES string of the molecule is CC[C@H](C)c1ccc(C(=O)CSc2nnc(-c3ccccc3F)n2C)cc1. The molecule has 0 spiro atoms. The number of Topliss-reactive ketones (excluding diaryl/α,β-unsaturated/α-hetero) is 1. The van der Waals surface area contributed by atoms with Crippen LogP contribution in [0, 0.1) is 5.82 Å². The topological polar surface area (TPSA) is 47.8 Å². The first-order valence-electron chi connectivity index (χ1n) is 8.91. The van der Waals surface area contributed by atoms with Crippen molar-refractivity contribution in [2.75, 3.05) is 5.75 Å². The molecule has 0 saturated carbocycles. The van der Waals surface area contributed by atoms with E-state index in [1.807, 2.05) is 24.3 Å². The highest BCUT2D eigenvalue weighted by molar-refractivity contribution is 7.99. The smallest absolute Gasteiger partial charge is 0.191 e. The first-order valence-corrected chi connectivity index (χ1v) is 9.90. The average Bonchev–Trinajstić information content (AvgIpc) is 3.06. The lowest BCUT2D eigenvalue weighted by Crippen LogP contribution is -2.04. The summed E-state index contributed by atoms with van der Waals surface area (Å²) in [7, 11) is 1.77. The summed E-state index contributed by atoms with van der Waals surface area (Å²) in [6.45, 7) is 4.32. The number of hydrogen-bond donors (Lipinski definition) is 0. The third kappa shape index (κ3) is 4.27. The molecule has 1 heterocycles. The van der Waals surface area contributed by atoms with Crippen LogP contribution in [0.1, 0.15) is 42.1 Å². The number of aromatic nitrogens is 3. The first kappa shape index (κ1) is 19.3. The minimum Gasteiger partial charge on any atom is -0.305 e. The van der Waals surface area contributed by atoms with Crippen LogP contribution in [0.25, 0.3) is 11.4 Å². The molecule has 3 aromatic rings. The molecule has 0 aliphatic carbocycles. The van der Waals surface area contributed by atoms with Gasteiger partial charge in [0.1, 0.15) is 5.82 Å². The highest BCUT2D eigenvalue weighted by Gasteiger charge is 2.16. The fourth-order valence-electron chi connectivity index (χ4n) is 2.76. The number of thioether (sulfide) groups is 1. The van der Waals surface area contributed by atoms with Gasteiger partial charge >= 0.3 is 0 Å². The van der Waals surface area contributed by atoms with Gasteiger partial charge < -0.3 is 4.57 Å². The zero-order chi connectivity index (χ0) is 19.4. The van der Waals surface area contributed by atoms with Crippen molar-refractivity contribution in [2.24, 2.45) is 7.05 Å². The van der Waals surface area contributed by atoms with Crippen LogP contribution in [-0.4, -0.2) is 26.3 Å². The molecule has 140 valence electrons. The summed E-state index contributed by atoms with van der Waals surface area (Å²) in [5, 5.41) is 8.76. The molecule has 0 saturated heterocycles. The number of halogens is 1. The summed E-state index contributed by atoms with van der Waals surface area (Å²) in [5.74, 6) is 0.874. The Morgan fingerprint density at radius 1 is 1.15 bits per heavy atom. The molecule has 0 bridgehead atoms. The zero-order valence-electron chi connectivity index (χ0n) is 15.6. The lowest BCUT2D eigenvalue weighted by atomic mass is 9.97. The fraction of sp³-hybridized carbons (Fsp3) is 0.286. The van der Waals surface area contributed by atoms with E-state index in [4.69, 9.17) is 0 Å². The lowest BCUT2D eigenvalue weighted by molar-refractivity contribution is 0.102. The van der Waals surface area contributed by atoms with E-state index in [9.17, 15) is 9.18 Å². The Hall–Kier alpha value is -2.47. The van der Waals surface area contributed by atoms with Gasteiger partial charge in [0.15, 0.2) is 16.8 Å². The molecule has 1 atom stereocenters. The molecule has 0 amide bonds. The maximum atomic E-state index is 14.0. The normalized spacial score (nSPS) is 12.1. The van der Waals surface area contributed by atoms with Gasteiger partial charge in [-0.05, 0) is 30.0 Å². The van der Waals surface area contributed by atoms with Crippen molar-refractivity contribution in [3.05, 3.63) is 65.5 Å². The number of carbonyl (C=O) groups is 1. The summed E-state index contributed by atoms with van der Waals surface area (Å²) in [6, 6.07) is 14.2. The molecule has 6 heteroatoms. The largest absolute Gasteiger partial charge is 0.305 e. The standard InChI is InChI=1S/C21H22FN3OS/c1-4-14(2)15-9-11-16(12-10-15)19(26)13-27-21-24-23-20(25(21)3)17-7-5-6-8-18(17)22/h5-12,14H,4,13H2,1-3H3/t14-/m0/s1. The number of carbonyl (C=O) groups excluding carboxylic acids is 1. The van der Waals surface area contributed by atoms with Gasteiger partial charge in [0.2, 0.25) is 0 Å². The second kappa shape index (κ2) is 8.48. The predicted molar refractivity (Wildman–Crippen MR) is 107 cm³/mol. The molecule has 1 aromatic heterocycles. The number of ketones is 1. The van der Waals surface area contributed by atoms with Crippen molar-refractivity contribution < 1.29 is 9.18 Å². The summed E-state index contributed by atoms with van der Waals surface area (Å²) in [5.41, 5.74) is 2.32. The van der Waals surface area contributed by atoms with E-state index in [-0.39, 0.29) is 17.4 Å². The van der Waals surface area contributed by atoms with Crippen LogP contribution < -0.4 is 0 Å². The summed E-state index contributed by atoms with van der Waals surface area (Å²) in [4.78, 5) is 12.5. The summed E-state index contributed by atoms with van der Waals surface area (Å²) < 4.78 is 15.7. The first-order chi connectivity index (χ1) is 13.0. The van der Waals surface area contributed by atoms with Crippen LogP contribution in [0.15, 0.2) is 53.7 Å². The lowest BCUT2D eigenvalue weighted by Gasteiger charge is -2.09. The highest BCUT2D eigenvalue weighted by atomic mass is 32.2. The van der Waals surface area contributed by atoms with Crippen molar-refractivity contribution in [1.29, 1.82) is 0 Å². The molecular formula is C21H22FN3OS. The van der Waals surface area contributed by atoms with Gasteiger partial charge in [-0.3, -0.25) is 4.79 Å². The Balaban J connectivity index is 1.68. The van der Waals surface area contributed by atoms with Crippen LogP contribution in [0.5, 0.6) is 0 Å². The molecule has 3 rings (SSSR count). The monoisotopic (exact) mass is 383 g/mol. The zero-order valence-corrected chi connectivity index (χ0v) is 16.5. The molecule has 4 nitrogen and oxygen atoms in total. The Labute approximate surface area is 162 Å². The van der Waals surface area contributed by atoms with E-state index in [0.29, 0.717) is 28.0 Å². The molecule has 0 aliphatic rings. The van der Waals surface area contributed by atoms with E-state index in [0.717, 1.165) is 6.42 Å². The number of benzene rings is 2. The van der Waals surface area contributed by atoms with E-state index < -0.39 is 0 Å². The third-order valence-corrected chi connectivity index (χ3v) is 5.72. The maximum absolute atomic E-state index is 14.0. The molecule has 27 heavy (non-hydrogen) atoms. The molecule has 0 N–H and O–H groups in total. The van der Waals surface area contributed by atoms with Crippen molar-refractivity contribution in [3.8, 4) is 11.4 Å². The number of nitrogens with zero attached hydrogens (tertiary/aromatic N) is 3. The second-order valence-corrected chi connectivity index (χ2v) is 7.43. The van der Waals surface area contributed by atoms with Crippen LogP contribution in [-0.2, 0) is 7.05 Å². The Bertz CT molecular complexity index is 937. The molecule has 0 aliphatic heterocycles. The quantitative estimate of drug-likeness (QED) is 0.420. The average molecular weight is 383 g/mol. The molecule has 0 fully saturated rings. The Kier molecular flexibility index (Phi) is 6.06. The van der Waals surface area contributed by atoms with Crippen molar-refractivity contribution in [2.45, 2.75) is 31.3 Å². The maximum Gasteiger partial charge on any atom is 0.191 e. The van der Waals surface area contributed by atoms with Gasteiger partial charge in [-0.2, -0.15) is 0 Å². The molecule has 0 radical (unpaired) electrons. The molecule has 2 aromatic carbocycles. The van der Waals surface area contributed by atoms with Gasteiger partial charge in [0.05, 0.1) is 11.3 Å². The van der Waals surface area contributed by atoms with Crippen molar-refractivity contribution in [3.63, 3.8) is 0 Å². The summed E-state index contributed by atoms with van der Waals surface area (Å²) >= 11 is 1.30. The van der Waals surface area contributed by atoms with Gasteiger partial charge in [0.25, 0.3) is 0 Å². The predicted octanol–water partition coefficient (Wildman–Crippen LogP) is 5.11. The van der Waals surface area contributed by atoms with Gasteiger partial charge in [0, 0.05) is 12.6 Å². The van der Waals surface area contributed by atoms with Crippen molar-refractivity contribution >= 4 is 17.5 Å². The minimum absolute atomic E-state index is 0.0335. The molecule has 0 unspecified atom stereocenters. The van der Waals surface area contributed by atoms with Crippen LogP contribution in [0.3, 0.4) is 0 Å². The Morgan fingerprint density at radius 3 is 2.52 bits per heavy atom. The third-order valence-electron chi connectivity index (χ3n) is 4.70. The van der Waals surface area contributed by atoms with Crippen LogP contribution in [0.2, 0.25) is 0 Å².